The van der Waals surface area contributed by atoms with Gasteiger partial charge in [-0.3, -0.25) is 9.48 Å². The van der Waals surface area contributed by atoms with Crippen LogP contribution in [0.3, 0.4) is 0 Å². The van der Waals surface area contributed by atoms with Crippen molar-refractivity contribution in [2.24, 2.45) is 7.05 Å². The summed E-state index contributed by atoms with van der Waals surface area (Å²) in [6.07, 6.45) is -4.79. The fourth-order valence-electron chi connectivity index (χ4n) is 3.07. The molecule has 2 heterocycles. The number of nitrogens with zero attached hydrogens (tertiary/aromatic N) is 2. The van der Waals surface area contributed by atoms with E-state index in [-0.39, 0.29) is 22.5 Å². The van der Waals surface area contributed by atoms with Gasteiger partial charge in [0.1, 0.15) is 11.4 Å². The Kier molecular flexibility index (Phi) is 6.32. The zero-order valence-corrected chi connectivity index (χ0v) is 18.4. The van der Waals surface area contributed by atoms with Crippen molar-refractivity contribution in [2.45, 2.75) is 45.6 Å². The molecule has 1 aromatic carbocycles. The maximum absolute atomic E-state index is 13.0. The number of anilines is 1. The number of hydrogen-bond acceptors (Lipinski definition) is 5. The number of aryl methyl sites for hydroxylation is 1. The monoisotopic (exact) mass is 459 g/mol. The van der Waals surface area contributed by atoms with Crippen LogP contribution in [0.2, 0.25) is 5.02 Å². The van der Waals surface area contributed by atoms with E-state index in [0.717, 1.165) is 13.1 Å². The molecule has 7 nitrogen and oxygen atoms in total. The van der Waals surface area contributed by atoms with Crippen LogP contribution in [0, 0.1) is 0 Å². The number of carbonyl (C=O) groups excluding carboxylic acids is 1. The minimum atomic E-state index is -4.60. The number of carbonyl (C=O) groups is 1. The molecule has 1 fully saturated rings. The Hall–Kier alpha value is -2.24. The molecular weight excluding hydrogens is 437 g/mol. The van der Waals surface area contributed by atoms with Gasteiger partial charge in [-0.2, -0.15) is 18.3 Å². The highest BCUT2D eigenvalue weighted by atomic mass is 35.5. The van der Waals surface area contributed by atoms with E-state index in [9.17, 15) is 18.0 Å². The van der Waals surface area contributed by atoms with Crippen LogP contribution in [0.15, 0.2) is 18.2 Å². The molecule has 0 bridgehead atoms. The van der Waals surface area contributed by atoms with Crippen molar-refractivity contribution < 1.29 is 32.0 Å². The van der Waals surface area contributed by atoms with Gasteiger partial charge in [-0.25, -0.2) is 0 Å². The van der Waals surface area contributed by atoms with Gasteiger partial charge >= 0.3 is 13.3 Å². The van der Waals surface area contributed by atoms with Gasteiger partial charge in [0.2, 0.25) is 0 Å². The van der Waals surface area contributed by atoms with Crippen molar-refractivity contribution in [2.75, 3.05) is 11.9 Å². The van der Waals surface area contributed by atoms with Gasteiger partial charge in [0.05, 0.1) is 28.9 Å². The van der Waals surface area contributed by atoms with Crippen LogP contribution in [0.25, 0.3) is 0 Å². The van der Waals surface area contributed by atoms with E-state index in [1.165, 1.54) is 12.1 Å². The summed E-state index contributed by atoms with van der Waals surface area (Å²) in [7, 11) is 0.392. The third kappa shape index (κ3) is 4.83. The number of halogens is 4. The topological polar surface area (TPSA) is 74.6 Å². The fourth-order valence-corrected chi connectivity index (χ4v) is 3.33. The van der Waals surface area contributed by atoms with E-state index in [1.54, 1.807) is 6.92 Å². The Balaban J connectivity index is 1.90. The lowest BCUT2D eigenvalue weighted by Gasteiger charge is -2.21. The highest BCUT2D eigenvalue weighted by Gasteiger charge is 2.45. The molecule has 1 aliphatic heterocycles. The average molecular weight is 460 g/mol. The molecule has 12 heteroatoms. The number of rotatable bonds is 5. The zero-order chi connectivity index (χ0) is 23.1. The average Bonchev–Trinajstić information content (AvgIpc) is 3.14. The number of ether oxygens (including phenoxy) is 1. The molecule has 1 N–H and O–H groups in total. The summed E-state index contributed by atoms with van der Waals surface area (Å²) in [5, 5.41) is 6.09. The predicted octanol–water partition coefficient (Wildman–Crippen LogP) is 3.65. The Labute approximate surface area is 182 Å². The summed E-state index contributed by atoms with van der Waals surface area (Å²) in [6, 6.07) is 3.65. The normalized spacial score (nSPS) is 18.4. The third-order valence-electron chi connectivity index (χ3n) is 5.03. The molecule has 3 rings (SSSR count). The highest BCUT2D eigenvalue weighted by molar-refractivity contribution is 6.63. The van der Waals surface area contributed by atoms with E-state index in [1.807, 2.05) is 20.8 Å². The minimum absolute atomic E-state index is 0.0124. The smallest absolute Gasteiger partial charge is 0.494 e. The molecule has 1 amide bonds. The molecule has 1 unspecified atom stereocenters. The van der Waals surface area contributed by atoms with E-state index >= 15 is 0 Å². The molecule has 0 aliphatic carbocycles. The van der Waals surface area contributed by atoms with Crippen molar-refractivity contribution in [3.05, 3.63) is 34.5 Å². The SMILES string of the molecule is CCOc1cc(C(=O)Nc2cc(C(F)(F)F)n(C)n2)c(Cl)cc1B1OC(C)C(C)(C)O1. The number of benzene rings is 1. The molecule has 0 saturated carbocycles. The standard InChI is InChI=1S/C19H22BClF3N3O4/c1-6-29-14-7-11(13(21)8-12(14)20-30-10(2)18(3,4)31-20)17(28)25-16-9-15(19(22,23)24)27(5)26-16/h7-10H,6H2,1-5H3,(H,25,26,28). The molecule has 168 valence electrons. The molecule has 1 atom stereocenters. The van der Waals surface area contributed by atoms with E-state index in [4.69, 9.17) is 25.6 Å². The van der Waals surface area contributed by atoms with E-state index in [0.29, 0.717) is 22.5 Å². The van der Waals surface area contributed by atoms with Crippen molar-refractivity contribution in [3.63, 3.8) is 0 Å². The Morgan fingerprint density at radius 2 is 2.06 bits per heavy atom. The summed E-state index contributed by atoms with van der Waals surface area (Å²) < 4.78 is 57.0. The van der Waals surface area contributed by atoms with Gasteiger partial charge in [-0.1, -0.05) is 11.6 Å². The van der Waals surface area contributed by atoms with Crippen LogP contribution in [0.5, 0.6) is 5.75 Å². The van der Waals surface area contributed by atoms with Gasteiger partial charge < -0.3 is 19.4 Å². The van der Waals surface area contributed by atoms with Crippen molar-refractivity contribution in [1.82, 2.24) is 9.78 Å². The molecule has 2 aromatic rings. The molecule has 31 heavy (non-hydrogen) atoms. The Bertz CT molecular complexity index is 997. The molecule has 0 spiro atoms. The third-order valence-corrected chi connectivity index (χ3v) is 5.34. The van der Waals surface area contributed by atoms with Crippen LogP contribution in [-0.4, -0.2) is 41.1 Å². The first-order valence-corrected chi connectivity index (χ1v) is 9.93. The summed E-state index contributed by atoms with van der Waals surface area (Å²) in [6.45, 7) is 7.74. The summed E-state index contributed by atoms with van der Waals surface area (Å²) in [5.41, 5.74) is -1.01. The van der Waals surface area contributed by atoms with E-state index in [2.05, 4.69) is 10.4 Å². The lowest BCUT2D eigenvalue weighted by molar-refractivity contribution is -0.143. The first kappa shape index (κ1) is 23.4. The molecular formula is C19H22BClF3N3O4. The lowest BCUT2D eigenvalue weighted by Crippen LogP contribution is -2.36. The fraction of sp³-hybridized carbons (Fsp3) is 0.474. The van der Waals surface area contributed by atoms with Gasteiger partial charge in [-0.05, 0) is 39.8 Å². The second-order valence-corrected chi connectivity index (χ2v) is 8.03. The first-order valence-electron chi connectivity index (χ1n) is 9.55. The number of alkyl halides is 3. The highest BCUT2D eigenvalue weighted by Crippen LogP contribution is 2.32. The van der Waals surface area contributed by atoms with Gasteiger partial charge in [-0.15, -0.1) is 0 Å². The second kappa shape index (κ2) is 8.36. The van der Waals surface area contributed by atoms with Crippen LogP contribution < -0.4 is 15.5 Å². The maximum atomic E-state index is 13.0. The van der Waals surface area contributed by atoms with Crippen LogP contribution in [0.4, 0.5) is 19.0 Å². The van der Waals surface area contributed by atoms with Gasteiger partial charge in [0.15, 0.2) is 5.82 Å². The molecule has 1 saturated heterocycles. The van der Waals surface area contributed by atoms with E-state index < -0.39 is 30.5 Å². The van der Waals surface area contributed by atoms with Crippen LogP contribution >= 0.6 is 11.6 Å². The number of aromatic nitrogens is 2. The number of amides is 1. The van der Waals surface area contributed by atoms with Gasteiger partial charge in [0.25, 0.3) is 5.91 Å². The predicted molar refractivity (Wildman–Crippen MR) is 110 cm³/mol. The number of nitrogens with one attached hydrogen (secondary N) is 1. The Morgan fingerprint density at radius 3 is 2.58 bits per heavy atom. The van der Waals surface area contributed by atoms with Crippen molar-refractivity contribution in [3.8, 4) is 5.75 Å². The lowest BCUT2D eigenvalue weighted by atomic mass is 9.78. The van der Waals surface area contributed by atoms with Crippen LogP contribution in [0.1, 0.15) is 43.7 Å². The quantitative estimate of drug-likeness (QED) is 0.691. The van der Waals surface area contributed by atoms with Gasteiger partial charge in [0, 0.05) is 18.6 Å². The number of hydrogen-bond donors (Lipinski definition) is 1. The molecule has 1 aliphatic rings. The first-order chi connectivity index (χ1) is 14.3. The molecule has 0 radical (unpaired) electrons. The van der Waals surface area contributed by atoms with Crippen molar-refractivity contribution >= 4 is 35.9 Å². The minimum Gasteiger partial charge on any atom is -0.494 e. The Morgan fingerprint density at radius 1 is 1.39 bits per heavy atom. The summed E-state index contributed by atoms with van der Waals surface area (Å²) in [4.78, 5) is 12.7. The second-order valence-electron chi connectivity index (χ2n) is 7.62. The largest absolute Gasteiger partial charge is 0.498 e. The summed E-state index contributed by atoms with van der Waals surface area (Å²) in [5.74, 6) is -0.661. The molecule has 1 aromatic heterocycles. The maximum Gasteiger partial charge on any atom is 0.498 e. The van der Waals surface area contributed by atoms with Crippen molar-refractivity contribution in [1.29, 1.82) is 0 Å². The zero-order valence-electron chi connectivity index (χ0n) is 17.6. The summed E-state index contributed by atoms with van der Waals surface area (Å²) >= 11 is 6.32. The van der Waals surface area contributed by atoms with Crippen LogP contribution in [-0.2, 0) is 22.5 Å².